The van der Waals surface area contributed by atoms with Gasteiger partial charge in [-0.25, -0.2) is 0 Å². The maximum Gasteiger partial charge on any atom is 0.222 e. The third-order valence-electron chi connectivity index (χ3n) is 4.57. The molecule has 0 aromatic heterocycles. The van der Waals surface area contributed by atoms with E-state index in [1.54, 1.807) is 0 Å². The molecule has 1 aliphatic heterocycles. The molecule has 3 amide bonds. The van der Waals surface area contributed by atoms with Gasteiger partial charge in [-0.05, 0) is 24.8 Å². The van der Waals surface area contributed by atoms with Crippen molar-refractivity contribution in [1.29, 1.82) is 0 Å². The molecule has 1 atom stereocenters. The summed E-state index contributed by atoms with van der Waals surface area (Å²) in [5.41, 5.74) is 0.910. The Morgan fingerprint density at radius 2 is 1.92 bits per heavy atom. The Balaban J connectivity index is 1.75. The van der Waals surface area contributed by atoms with Gasteiger partial charge in [-0.1, -0.05) is 36.8 Å². The minimum absolute atomic E-state index is 0.102. The SMILES string of the molecule is CC(=O)NC(CC(=O)NCCCN1CCCCCC1=O)c1ccccc1. The summed E-state index contributed by atoms with van der Waals surface area (Å²) in [6.07, 6.45) is 4.74. The molecule has 6 nitrogen and oxygen atoms in total. The number of hydrogen-bond donors (Lipinski definition) is 2. The zero-order chi connectivity index (χ0) is 18.8. The van der Waals surface area contributed by atoms with E-state index >= 15 is 0 Å². The van der Waals surface area contributed by atoms with Gasteiger partial charge < -0.3 is 15.5 Å². The topological polar surface area (TPSA) is 78.5 Å². The first-order valence-corrected chi connectivity index (χ1v) is 9.43. The van der Waals surface area contributed by atoms with Crippen molar-refractivity contribution in [3.63, 3.8) is 0 Å². The standard InChI is InChI=1S/C20H29N3O3/c1-16(24)22-18(17-9-4-2-5-10-17)15-19(25)21-12-8-14-23-13-7-3-6-11-20(23)26/h2,4-5,9-10,18H,3,6-8,11-15H2,1H3,(H,21,25)(H,22,24). The van der Waals surface area contributed by atoms with Crippen LogP contribution in [0.2, 0.25) is 0 Å². The third kappa shape index (κ3) is 6.86. The van der Waals surface area contributed by atoms with Crippen LogP contribution in [0.3, 0.4) is 0 Å². The van der Waals surface area contributed by atoms with Crippen LogP contribution in [-0.2, 0) is 14.4 Å². The number of likely N-dealkylation sites (tertiary alicyclic amines) is 1. The number of hydrogen-bond acceptors (Lipinski definition) is 3. The lowest BCUT2D eigenvalue weighted by molar-refractivity contribution is -0.130. The maximum atomic E-state index is 12.2. The fourth-order valence-electron chi connectivity index (χ4n) is 3.21. The number of nitrogens with zero attached hydrogens (tertiary/aromatic N) is 1. The summed E-state index contributed by atoms with van der Waals surface area (Å²) in [6, 6.07) is 9.15. The predicted octanol–water partition coefficient (Wildman–Crippen LogP) is 2.16. The van der Waals surface area contributed by atoms with Gasteiger partial charge >= 0.3 is 0 Å². The highest BCUT2D eigenvalue weighted by Gasteiger charge is 2.18. The molecular formula is C20H29N3O3. The molecule has 0 bridgehead atoms. The Labute approximate surface area is 155 Å². The molecule has 2 rings (SSSR count). The highest BCUT2D eigenvalue weighted by molar-refractivity contribution is 5.79. The van der Waals surface area contributed by atoms with Crippen molar-refractivity contribution in [2.24, 2.45) is 0 Å². The van der Waals surface area contributed by atoms with Gasteiger partial charge in [0.15, 0.2) is 0 Å². The average molecular weight is 359 g/mol. The number of benzene rings is 1. The maximum absolute atomic E-state index is 12.2. The van der Waals surface area contributed by atoms with E-state index in [0.717, 1.165) is 37.8 Å². The minimum Gasteiger partial charge on any atom is -0.356 e. The van der Waals surface area contributed by atoms with Crippen LogP contribution in [-0.4, -0.2) is 42.3 Å². The molecule has 0 radical (unpaired) electrons. The zero-order valence-electron chi connectivity index (χ0n) is 15.5. The molecule has 0 aliphatic carbocycles. The first-order valence-electron chi connectivity index (χ1n) is 9.43. The Bertz CT molecular complexity index is 604. The van der Waals surface area contributed by atoms with Crippen molar-refractivity contribution in [2.45, 2.75) is 51.5 Å². The molecule has 2 N–H and O–H groups in total. The predicted molar refractivity (Wildman–Crippen MR) is 100 cm³/mol. The molecule has 0 spiro atoms. The van der Waals surface area contributed by atoms with Gasteiger partial charge in [0.05, 0.1) is 12.5 Å². The molecule has 26 heavy (non-hydrogen) atoms. The van der Waals surface area contributed by atoms with E-state index < -0.39 is 0 Å². The fraction of sp³-hybridized carbons (Fsp3) is 0.550. The lowest BCUT2D eigenvalue weighted by Crippen LogP contribution is -2.35. The number of carbonyl (C=O) groups excluding carboxylic acids is 3. The molecule has 1 aliphatic rings. The highest BCUT2D eigenvalue weighted by Crippen LogP contribution is 2.16. The monoisotopic (exact) mass is 359 g/mol. The Hall–Kier alpha value is -2.37. The second kappa shape index (κ2) is 10.6. The molecule has 1 aromatic rings. The van der Waals surface area contributed by atoms with Gasteiger partial charge in [-0.3, -0.25) is 14.4 Å². The summed E-state index contributed by atoms with van der Waals surface area (Å²) in [4.78, 5) is 37.5. The molecule has 1 aromatic carbocycles. The van der Waals surface area contributed by atoms with Crippen LogP contribution in [0.1, 0.15) is 57.1 Å². The minimum atomic E-state index is -0.333. The van der Waals surface area contributed by atoms with Crippen molar-refractivity contribution in [2.75, 3.05) is 19.6 Å². The highest BCUT2D eigenvalue weighted by atomic mass is 16.2. The molecule has 1 fully saturated rings. The van der Waals surface area contributed by atoms with E-state index in [1.807, 2.05) is 35.2 Å². The second-order valence-electron chi connectivity index (χ2n) is 6.76. The van der Waals surface area contributed by atoms with E-state index in [0.29, 0.717) is 19.5 Å². The molecule has 1 saturated heterocycles. The van der Waals surface area contributed by atoms with Gasteiger partial charge in [-0.15, -0.1) is 0 Å². The number of carbonyl (C=O) groups is 3. The van der Waals surface area contributed by atoms with Crippen LogP contribution < -0.4 is 10.6 Å². The molecule has 142 valence electrons. The van der Waals surface area contributed by atoms with E-state index in [1.165, 1.54) is 6.92 Å². The van der Waals surface area contributed by atoms with E-state index in [-0.39, 0.29) is 30.2 Å². The van der Waals surface area contributed by atoms with Crippen molar-refractivity contribution in [3.8, 4) is 0 Å². The lowest BCUT2D eigenvalue weighted by atomic mass is 10.0. The third-order valence-corrected chi connectivity index (χ3v) is 4.57. The van der Waals surface area contributed by atoms with Crippen LogP contribution in [0.25, 0.3) is 0 Å². The van der Waals surface area contributed by atoms with Gasteiger partial charge in [0.2, 0.25) is 17.7 Å². The average Bonchev–Trinajstić information content (AvgIpc) is 2.83. The summed E-state index contributed by atoms with van der Waals surface area (Å²) < 4.78 is 0. The normalized spacial score (nSPS) is 15.9. The molecule has 6 heteroatoms. The number of amides is 3. The van der Waals surface area contributed by atoms with Crippen molar-refractivity contribution in [3.05, 3.63) is 35.9 Å². The van der Waals surface area contributed by atoms with Crippen LogP contribution >= 0.6 is 0 Å². The molecular weight excluding hydrogens is 330 g/mol. The number of nitrogens with one attached hydrogen (secondary N) is 2. The molecule has 1 unspecified atom stereocenters. The van der Waals surface area contributed by atoms with Gasteiger partial charge in [0.25, 0.3) is 0 Å². The summed E-state index contributed by atoms with van der Waals surface area (Å²) in [7, 11) is 0. The lowest BCUT2D eigenvalue weighted by Gasteiger charge is -2.21. The smallest absolute Gasteiger partial charge is 0.222 e. The Kier molecular flexibility index (Phi) is 8.12. The summed E-state index contributed by atoms with van der Waals surface area (Å²) >= 11 is 0. The Morgan fingerprint density at radius 1 is 1.15 bits per heavy atom. The Morgan fingerprint density at radius 3 is 2.65 bits per heavy atom. The fourth-order valence-corrected chi connectivity index (χ4v) is 3.21. The van der Waals surface area contributed by atoms with Crippen molar-refractivity contribution < 1.29 is 14.4 Å². The first-order chi connectivity index (χ1) is 12.6. The van der Waals surface area contributed by atoms with Crippen LogP contribution in [0.4, 0.5) is 0 Å². The van der Waals surface area contributed by atoms with Crippen LogP contribution in [0.5, 0.6) is 0 Å². The molecule has 1 heterocycles. The van der Waals surface area contributed by atoms with E-state index in [9.17, 15) is 14.4 Å². The summed E-state index contributed by atoms with van der Waals surface area (Å²) in [5, 5.41) is 5.73. The van der Waals surface area contributed by atoms with E-state index in [4.69, 9.17) is 0 Å². The number of rotatable bonds is 8. The summed E-state index contributed by atoms with van der Waals surface area (Å²) in [6.45, 7) is 3.49. The summed E-state index contributed by atoms with van der Waals surface area (Å²) in [5.74, 6) is -0.0373. The van der Waals surface area contributed by atoms with Gasteiger partial charge in [-0.2, -0.15) is 0 Å². The van der Waals surface area contributed by atoms with Gasteiger partial charge in [0, 0.05) is 33.0 Å². The van der Waals surface area contributed by atoms with Crippen molar-refractivity contribution in [1.82, 2.24) is 15.5 Å². The quantitative estimate of drug-likeness (QED) is 0.698. The largest absolute Gasteiger partial charge is 0.356 e. The zero-order valence-corrected chi connectivity index (χ0v) is 15.5. The van der Waals surface area contributed by atoms with Crippen LogP contribution in [0, 0.1) is 0 Å². The van der Waals surface area contributed by atoms with Gasteiger partial charge in [0.1, 0.15) is 0 Å². The molecule has 0 saturated carbocycles. The second-order valence-corrected chi connectivity index (χ2v) is 6.76. The van der Waals surface area contributed by atoms with Crippen LogP contribution in [0.15, 0.2) is 30.3 Å². The van der Waals surface area contributed by atoms with Crippen molar-refractivity contribution >= 4 is 17.7 Å². The first kappa shape index (κ1) is 19.9. The van der Waals surface area contributed by atoms with E-state index in [2.05, 4.69) is 10.6 Å².